The van der Waals surface area contributed by atoms with Crippen molar-refractivity contribution in [3.05, 3.63) is 51.4 Å². The Kier molecular flexibility index (Phi) is 2.64. The molecule has 0 aliphatic heterocycles. The first-order valence-corrected chi connectivity index (χ1v) is 6.67. The summed E-state index contributed by atoms with van der Waals surface area (Å²) in [5.41, 5.74) is 10.1. The van der Waals surface area contributed by atoms with Crippen LogP contribution in [0.25, 0.3) is 10.5 Å². The third kappa shape index (κ3) is 1.55. The molecule has 1 heterocycles. The van der Waals surface area contributed by atoms with Gasteiger partial charge in [-0.05, 0) is 37.1 Å². The minimum absolute atomic E-state index is 0.557. The highest BCUT2D eigenvalue weighted by molar-refractivity contribution is 9.10. The van der Waals surface area contributed by atoms with Crippen molar-refractivity contribution in [2.45, 2.75) is 19.3 Å². The fraction of sp³-hybridized carbons (Fsp3) is 0.214. The molecule has 0 saturated heterocycles. The van der Waals surface area contributed by atoms with Gasteiger partial charge in [0, 0.05) is 16.5 Å². The number of hydrogen-bond donors (Lipinski definition) is 1. The van der Waals surface area contributed by atoms with Crippen molar-refractivity contribution in [1.82, 2.24) is 4.57 Å². The number of anilines is 1. The Labute approximate surface area is 114 Å². The molecule has 2 N–H and O–H groups in total. The van der Waals surface area contributed by atoms with Crippen molar-refractivity contribution in [1.29, 1.82) is 0 Å². The van der Waals surface area contributed by atoms with Crippen LogP contribution in [0.3, 0.4) is 0 Å². The number of rotatable bonds is 1. The number of aromatic nitrogens is 1. The molecule has 4 heteroatoms. The first kappa shape index (κ1) is 11.4. The maximum atomic E-state index is 7.34. The third-order valence-electron chi connectivity index (χ3n) is 3.43. The number of halogens is 1. The molecule has 1 aliphatic rings. The number of hydrogen-bond acceptors (Lipinski definition) is 1. The van der Waals surface area contributed by atoms with Gasteiger partial charge in [-0.2, -0.15) is 0 Å². The monoisotopic (exact) mass is 301 g/mol. The number of fused-ring (bicyclic) bond motifs is 1. The summed E-state index contributed by atoms with van der Waals surface area (Å²) < 4.78 is 3.05. The molecule has 0 amide bonds. The summed E-state index contributed by atoms with van der Waals surface area (Å²) in [5, 5.41) is 0. The van der Waals surface area contributed by atoms with Crippen molar-refractivity contribution < 1.29 is 0 Å². The average Bonchev–Trinajstić information content (AvgIpc) is 2.93. The van der Waals surface area contributed by atoms with Gasteiger partial charge in [0.1, 0.15) is 5.69 Å². The molecular formula is C14H12BrN3. The van der Waals surface area contributed by atoms with Crippen LogP contribution in [0.15, 0.2) is 28.7 Å². The molecule has 2 aromatic rings. The molecule has 1 aromatic carbocycles. The molecule has 3 nitrogen and oxygen atoms in total. The van der Waals surface area contributed by atoms with Gasteiger partial charge in [0.2, 0.25) is 0 Å². The van der Waals surface area contributed by atoms with E-state index in [9.17, 15) is 0 Å². The van der Waals surface area contributed by atoms with Gasteiger partial charge in [0.05, 0.1) is 11.4 Å². The Morgan fingerprint density at radius 2 is 1.94 bits per heavy atom. The zero-order chi connectivity index (χ0) is 12.7. The molecule has 1 aromatic heterocycles. The molecule has 0 unspecified atom stereocenters. The Morgan fingerprint density at radius 3 is 2.61 bits per heavy atom. The molecule has 0 fully saturated rings. The van der Waals surface area contributed by atoms with Crippen LogP contribution in [-0.2, 0) is 12.8 Å². The minimum atomic E-state index is 0.557. The van der Waals surface area contributed by atoms with Crippen molar-refractivity contribution in [3.63, 3.8) is 0 Å². The Hall–Kier alpha value is -1.73. The summed E-state index contributed by atoms with van der Waals surface area (Å²) in [7, 11) is 0. The van der Waals surface area contributed by atoms with Crippen LogP contribution in [0.2, 0.25) is 0 Å². The van der Waals surface area contributed by atoms with Crippen LogP contribution in [-0.4, -0.2) is 4.57 Å². The van der Waals surface area contributed by atoms with E-state index in [4.69, 9.17) is 12.3 Å². The predicted molar refractivity (Wildman–Crippen MR) is 76.2 cm³/mol. The van der Waals surface area contributed by atoms with E-state index in [-0.39, 0.29) is 0 Å². The lowest BCUT2D eigenvalue weighted by Gasteiger charge is -2.06. The van der Waals surface area contributed by atoms with Gasteiger partial charge in [0.15, 0.2) is 0 Å². The highest BCUT2D eigenvalue weighted by atomic mass is 79.9. The summed E-state index contributed by atoms with van der Waals surface area (Å²) in [6, 6.07) is 7.99. The molecule has 90 valence electrons. The SMILES string of the molecule is [C-]#[N+]c1c(N)c2c(n1-c1ccc(Br)cc1)CCC2. The normalized spacial score (nSPS) is 13.3. The fourth-order valence-corrected chi connectivity index (χ4v) is 2.89. The van der Waals surface area contributed by atoms with E-state index in [2.05, 4.69) is 20.8 Å². The van der Waals surface area contributed by atoms with Gasteiger partial charge in [-0.1, -0.05) is 22.5 Å². The van der Waals surface area contributed by atoms with Crippen LogP contribution in [0, 0.1) is 6.57 Å². The highest BCUT2D eigenvalue weighted by Crippen LogP contribution is 2.40. The second kappa shape index (κ2) is 4.18. The zero-order valence-corrected chi connectivity index (χ0v) is 11.4. The molecule has 0 spiro atoms. The smallest absolute Gasteiger partial charge is 0.258 e. The van der Waals surface area contributed by atoms with E-state index in [1.165, 1.54) is 11.3 Å². The van der Waals surface area contributed by atoms with Gasteiger partial charge < -0.3 is 10.6 Å². The highest BCUT2D eigenvalue weighted by Gasteiger charge is 2.27. The maximum Gasteiger partial charge on any atom is 0.258 e. The van der Waals surface area contributed by atoms with Gasteiger partial charge in [-0.25, -0.2) is 0 Å². The molecule has 0 atom stereocenters. The molecule has 18 heavy (non-hydrogen) atoms. The summed E-state index contributed by atoms with van der Waals surface area (Å²) in [6.07, 6.45) is 3.13. The van der Waals surface area contributed by atoms with Crippen LogP contribution in [0.1, 0.15) is 17.7 Å². The minimum Gasteiger partial charge on any atom is -0.406 e. The molecule has 3 rings (SSSR count). The maximum absolute atomic E-state index is 7.34. The van der Waals surface area contributed by atoms with Crippen molar-refractivity contribution in [2.24, 2.45) is 0 Å². The van der Waals surface area contributed by atoms with Gasteiger partial charge in [-0.3, -0.25) is 4.57 Å². The lowest BCUT2D eigenvalue weighted by atomic mass is 10.2. The third-order valence-corrected chi connectivity index (χ3v) is 3.96. The van der Waals surface area contributed by atoms with E-state index < -0.39 is 0 Å². The van der Waals surface area contributed by atoms with Gasteiger partial charge >= 0.3 is 0 Å². The molecule has 0 bridgehead atoms. The van der Waals surface area contributed by atoms with Crippen LogP contribution >= 0.6 is 15.9 Å². The second-order valence-electron chi connectivity index (χ2n) is 4.44. The second-order valence-corrected chi connectivity index (χ2v) is 5.36. The lowest BCUT2D eigenvalue weighted by molar-refractivity contribution is 0.868. The number of benzene rings is 1. The number of nitrogen functional groups attached to an aromatic ring is 1. The summed E-state index contributed by atoms with van der Waals surface area (Å²) in [5.74, 6) is 0.557. The van der Waals surface area contributed by atoms with E-state index in [0.29, 0.717) is 11.5 Å². The van der Waals surface area contributed by atoms with Crippen LogP contribution in [0.5, 0.6) is 0 Å². The Bertz CT molecular complexity index is 647. The van der Waals surface area contributed by atoms with Crippen LogP contribution < -0.4 is 5.73 Å². The number of nitrogens with two attached hydrogens (primary N) is 1. The largest absolute Gasteiger partial charge is 0.406 e. The van der Waals surface area contributed by atoms with E-state index in [1.807, 2.05) is 28.8 Å². The molecule has 1 aliphatic carbocycles. The van der Waals surface area contributed by atoms with Crippen LogP contribution in [0.4, 0.5) is 11.5 Å². The first-order chi connectivity index (χ1) is 8.72. The average molecular weight is 302 g/mol. The summed E-state index contributed by atoms with van der Waals surface area (Å²) in [6.45, 7) is 7.34. The van der Waals surface area contributed by atoms with Crippen molar-refractivity contribution in [2.75, 3.05) is 5.73 Å². The number of nitrogens with zero attached hydrogens (tertiary/aromatic N) is 2. The molecule has 0 saturated carbocycles. The van der Waals surface area contributed by atoms with Crippen molar-refractivity contribution in [3.8, 4) is 5.69 Å². The van der Waals surface area contributed by atoms with E-state index in [0.717, 1.165) is 29.4 Å². The molecular weight excluding hydrogens is 290 g/mol. The topological polar surface area (TPSA) is 35.3 Å². The zero-order valence-electron chi connectivity index (χ0n) is 9.78. The lowest BCUT2D eigenvalue weighted by Crippen LogP contribution is -1.98. The van der Waals surface area contributed by atoms with Crippen molar-refractivity contribution >= 4 is 27.4 Å². The van der Waals surface area contributed by atoms with Gasteiger partial charge in [0.25, 0.3) is 5.82 Å². The summed E-state index contributed by atoms with van der Waals surface area (Å²) >= 11 is 3.43. The first-order valence-electron chi connectivity index (χ1n) is 5.87. The predicted octanol–water partition coefficient (Wildman–Crippen LogP) is 3.86. The standard InChI is InChI=1S/C14H12BrN3/c1-17-14-13(16)11-3-2-4-12(11)18(14)10-7-5-9(15)6-8-10/h5-8H,2-4,16H2. The fourth-order valence-electron chi connectivity index (χ4n) is 2.63. The quantitative estimate of drug-likeness (QED) is 0.798. The van der Waals surface area contributed by atoms with Gasteiger partial charge in [-0.15, -0.1) is 0 Å². The Balaban J connectivity index is 2.26. The van der Waals surface area contributed by atoms with E-state index in [1.54, 1.807) is 0 Å². The van der Waals surface area contributed by atoms with E-state index >= 15 is 0 Å². The summed E-state index contributed by atoms with van der Waals surface area (Å²) in [4.78, 5) is 3.61. The Morgan fingerprint density at radius 1 is 1.22 bits per heavy atom. The molecule has 0 radical (unpaired) electrons.